The van der Waals surface area contributed by atoms with Crippen LogP contribution in [0.15, 0.2) is 0 Å². The topological polar surface area (TPSA) is 52.6 Å². The summed E-state index contributed by atoms with van der Waals surface area (Å²) in [5.74, 6) is 5.37. The van der Waals surface area contributed by atoms with Gasteiger partial charge in [-0.1, -0.05) is 79.1 Å². The van der Waals surface area contributed by atoms with Crippen molar-refractivity contribution in [1.29, 1.82) is 0 Å². The van der Waals surface area contributed by atoms with Gasteiger partial charge in [0.15, 0.2) is 0 Å². The highest BCUT2D eigenvalue weighted by Crippen LogP contribution is 2.43. The highest BCUT2D eigenvalue weighted by atomic mass is 16.5. The second kappa shape index (κ2) is 15.3. The molecular formula is C38H64O4. The maximum atomic E-state index is 13.6. The van der Waals surface area contributed by atoms with Crippen LogP contribution in [-0.2, 0) is 19.1 Å². The first kappa shape index (κ1) is 32.3. The lowest BCUT2D eigenvalue weighted by molar-refractivity contribution is -0.169. The van der Waals surface area contributed by atoms with Crippen molar-refractivity contribution in [3.8, 4) is 0 Å². The van der Waals surface area contributed by atoms with Crippen LogP contribution in [0.25, 0.3) is 0 Å². The Balaban J connectivity index is 1.14. The molecule has 5 fully saturated rings. The summed E-state index contributed by atoms with van der Waals surface area (Å²) in [5.41, 5.74) is 0. The van der Waals surface area contributed by atoms with E-state index in [0.717, 1.165) is 49.4 Å². The molecule has 0 unspecified atom stereocenters. The van der Waals surface area contributed by atoms with Crippen LogP contribution in [0.5, 0.6) is 0 Å². The molecule has 0 spiro atoms. The summed E-state index contributed by atoms with van der Waals surface area (Å²) in [4.78, 5) is 27.2. The third kappa shape index (κ3) is 8.56. The molecule has 0 heterocycles. The molecule has 0 N–H and O–H groups in total. The predicted molar refractivity (Wildman–Crippen MR) is 170 cm³/mol. The Morgan fingerprint density at radius 1 is 0.381 bits per heavy atom. The van der Waals surface area contributed by atoms with E-state index in [1.165, 1.54) is 103 Å². The third-order valence-electron chi connectivity index (χ3n) is 13.0. The zero-order chi connectivity index (χ0) is 29.6. The third-order valence-corrected chi connectivity index (χ3v) is 13.0. The van der Waals surface area contributed by atoms with Gasteiger partial charge in [-0.15, -0.1) is 0 Å². The molecule has 0 atom stereocenters. The summed E-state index contributed by atoms with van der Waals surface area (Å²) in [5, 5.41) is 0. The lowest BCUT2D eigenvalue weighted by Gasteiger charge is -2.41. The Labute approximate surface area is 258 Å². The van der Waals surface area contributed by atoms with Gasteiger partial charge in [-0.3, -0.25) is 9.59 Å². The maximum Gasteiger partial charge on any atom is 0.309 e. The normalized spacial score (nSPS) is 41.3. The number of hydrogen-bond donors (Lipinski definition) is 0. The molecule has 0 aromatic rings. The smallest absolute Gasteiger partial charge is 0.309 e. The van der Waals surface area contributed by atoms with Crippen molar-refractivity contribution in [3.05, 3.63) is 0 Å². The summed E-state index contributed by atoms with van der Waals surface area (Å²) in [6.07, 6.45) is 23.2. The first-order valence-corrected chi connectivity index (χ1v) is 18.7. The highest BCUT2D eigenvalue weighted by Gasteiger charge is 2.41. The van der Waals surface area contributed by atoms with Crippen LogP contribution in [0.3, 0.4) is 0 Å². The molecule has 0 saturated heterocycles. The van der Waals surface area contributed by atoms with Gasteiger partial charge >= 0.3 is 11.9 Å². The Morgan fingerprint density at radius 3 is 0.810 bits per heavy atom. The van der Waals surface area contributed by atoms with E-state index in [2.05, 4.69) is 27.7 Å². The van der Waals surface area contributed by atoms with Crippen LogP contribution < -0.4 is 0 Å². The van der Waals surface area contributed by atoms with Crippen LogP contribution >= 0.6 is 0 Å². The Bertz CT molecular complexity index is 715. The van der Waals surface area contributed by atoms with Gasteiger partial charge in [-0.05, 0) is 124 Å². The van der Waals surface area contributed by atoms with Crippen molar-refractivity contribution in [3.63, 3.8) is 0 Å². The van der Waals surface area contributed by atoms with Crippen molar-refractivity contribution in [2.45, 2.75) is 168 Å². The summed E-state index contributed by atoms with van der Waals surface area (Å²) in [6.45, 7) is 9.49. The zero-order valence-corrected chi connectivity index (χ0v) is 27.7. The van der Waals surface area contributed by atoms with E-state index in [0.29, 0.717) is 23.7 Å². The van der Waals surface area contributed by atoms with Gasteiger partial charge in [0, 0.05) is 0 Å². The van der Waals surface area contributed by atoms with Crippen molar-refractivity contribution < 1.29 is 19.1 Å². The highest BCUT2D eigenvalue weighted by molar-refractivity contribution is 5.75. The fourth-order valence-electron chi connectivity index (χ4n) is 9.64. The molecule has 4 heteroatoms. The standard InChI is InChI=1S/C38H64O4/c1-25-5-13-29(14-6-25)35(30-15-7-26(2)8-16-30)41-37(39)33-21-23-34(24-22-33)38(40)42-36(31-17-9-27(3)10-18-31)32-19-11-28(4)12-20-32/h25-36H,5-24H2,1-4H3. The fraction of sp³-hybridized carbons (Fsp3) is 0.947. The molecular weight excluding hydrogens is 520 g/mol. The van der Waals surface area contributed by atoms with Gasteiger partial charge in [0.05, 0.1) is 11.8 Å². The quantitative estimate of drug-likeness (QED) is 0.266. The van der Waals surface area contributed by atoms with Gasteiger partial charge in [0.2, 0.25) is 0 Å². The average Bonchev–Trinajstić information content (AvgIpc) is 3.00. The summed E-state index contributed by atoms with van der Waals surface area (Å²) in [7, 11) is 0. The molecule has 5 aliphatic rings. The van der Waals surface area contributed by atoms with E-state index in [-0.39, 0.29) is 36.0 Å². The molecule has 240 valence electrons. The molecule has 0 aliphatic heterocycles. The van der Waals surface area contributed by atoms with Crippen LogP contribution in [0.1, 0.15) is 156 Å². The average molecular weight is 585 g/mol. The Kier molecular flexibility index (Phi) is 11.8. The van der Waals surface area contributed by atoms with E-state index < -0.39 is 0 Å². The fourth-order valence-corrected chi connectivity index (χ4v) is 9.64. The van der Waals surface area contributed by atoms with Gasteiger partial charge < -0.3 is 9.47 Å². The second-order valence-electron chi connectivity index (χ2n) is 16.4. The van der Waals surface area contributed by atoms with E-state index >= 15 is 0 Å². The van der Waals surface area contributed by atoms with Crippen molar-refractivity contribution >= 4 is 11.9 Å². The number of ether oxygens (including phenoxy) is 2. The van der Waals surface area contributed by atoms with Crippen LogP contribution in [0, 0.1) is 59.2 Å². The minimum atomic E-state index is -0.0444. The first-order valence-electron chi connectivity index (χ1n) is 18.7. The van der Waals surface area contributed by atoms with E-state index in [9.17, 15) is 9.59 Å². The minimum absolute atomic E-state index is 0.0367. The van der Waals surface area contributed by atoms with Crippen molar-refractivity contribution in [1.82, 2.24) is 0 Å². The molecule has 0 aromatic carbocycles. The van der Waals surface area contributed by atoms with Crippen LogP contribution in [0.2, 0.25) is 0 Å². The number of carbonyl (C=O) groups excluding carboxylic acids is 2. The summed E-state index contributed by atoms with van der Waals surface area (Å²) >= 11 is 0. The van der Waals surface area contributed by atoms with E-state index in [4.69, 9.17) is 9.47 Å². The Hall–Kier alpha value is -1.06. The minimum Gasteiger partial charge on any atom is -0.462 e. The lowest BCUT2D eigenvalue weighted by atomic mass is 9.71. The van der Waals surface area contributed by atoms with Crippen LogP contribution in [0.4, 0.5) is 0 Å². The summed E-state index contributed by atoms with van der Waals surface area (Å²) in [6, 6.07) is 0. The lowest BCUT2D eigenvalue weighted by Crippen LogP contribution is -2.41. The molecule has 5 saturated carbocycles. The molecule has 5 aliphatic carbocycles. The predicted octanol–water partition coefficient (Wildman–Crippen LogP) is 9.92. The molecule has 42 heavy (non-hydrogen) atoms. The number of esters is 2. The first-order chi connectivity index (χ1) is 20.3. The van der Waals surface area contributed by atoms with E-state index in [1.54, 1.807) is 0 Å². The van der Waals surface area contributed by atoms with E-state index in [1.807, 2.05) is 0 Å². The van der Waals surface area contributed by atoms with Gasteiger partial charge in [0.25, 0.3) is 0 Å². The molecule has 4 nitrogen and oxygen atoms in total. The molecule has 0 radical (unpaired) electrons. The van der Waals surface area contributed by atoms with Crippen LogP contribution in [-0.4, -0.2) is 24.1 Å². The van der Waals surface area contributed by atoms with Crippen molar-refractivity contribution in [2.75, 3.05) is 0 Å². The molecule has 0 bridgehead atoms. The van der Waals surface area contributed by atoms with Gasteiger partial charge in [0.1, 0.15) is 12.2 Å². The second-order valence-corrected chi connectivity index (χ2v) is 16.4. The molecule has 0 aromatic heterocycles. The van der Waals surface area contributed by atoms with Gasteiger partial charge in [-0.25, -0.2) is 0 Å². The van der Waals surface area contributed by atoms with Gasteiger partial charge in [-0.2, -0.15) is 0 Å². The molecule has 0 amide bonds. The monoisotopic (exact) mass is 584 g/mol. The maximum absolute atomic E-state index is 13.6. The Morgan fingerprint density at radius 2 is 0.595 bits per heavy atom. The van der Waals surface area contributed by atoms with Crippen molar-refractivity contribution in [2.24, 2.45) is 59.2 Å². The molecule has 5 rings (SSSR count). The zero-order valence-electron chi connectivity index (χ0n) is 27.7. The SMILES string of the molecule is CC1CCC(C(OC(=O)C2CCC(C(=O)OC(C3CCC(C)CC3)C3CCC(C)CC3)CC2)C2CCC(C)CC2)CC1. The number of hydrogen-bond acceptors (Lipinski definition) is 4. The number of rotatable bonds is 8. The largest absolute Gasteiger partial charge is 0.462 e. The summed E-state index contributed by atoms with van der Waals surface area (Å²) < 4.78 is 13.0. The number of carbonyl (C=O) groups is 2.